The van der Waals surface area contributed by atoms with Crippen LogP contribution in [0.1, 0.15) is 29.7 Å². The van der Waals surface area contributed by atoms with Gasteiger partial charge in [0, 0.05) is 0 Å². The summed E-state index contributed by atoms with van der Waals surface area (Å²) in [6, 6.07) is 15.6. The van der Waals surface area contributed by atoms with Crippen LogP contribution in [0.4, 0.5) is 5.69 Å². The molecule has 7 nitrogen and oxygen atoms in total. The molecule has 0 radical (unpaired) electrons. The number of nitrogens with one attached hydrogen (secondary N) is 1. The van der Waals surface area contributed by atoms with E-state index in [9.17, 15) is 13.2 Å². The monoisotopic (exact) mass is 454 g/mol. The number of benzene rings is 2. The Morgan fingerprint density at radius 2 is 1.84 bits per heavy atom. The minimum absolute atomic E-state index is 0.0498. The third-order valence-electron chi connectivity index (χ3n) is 5.57. The fraction of sp³-hybridized carbons (Fsp3) is 0.292. The Morgan fingerprint density at radius 1 is 1.06 bits per heavy atom. The molecule has 8 heteroatoms. The molecule has 0 saturated carbocycles. The van der Waals surface area contributed by atoms with E-state index >= 15 is 0 Å². The van der Waals surface area contributed by atoms with Crippen molar-refractivity contribution in [1.29, 1.82) is 0 Å². The predicted molar refractivity (Wildman–Crippen MR) is 121 cm³/mol. The molecule has 0 atom stereocenters. The first-order chi connectivity index (χ1) is 15.5. The zero-order valence-corrected chi connectivity index (χ0v) is 18.7. The van der Waals surface area contributed by atoms with Crippen molar-refractivity contribution in [3.8, 4) is 5.75 Å². The van der Waals surface area contributed by atoms with E-state index in [1.807, 2.05) is 6.07 Å². The van der Waals surface area contributed by atoms with Crippen molar-refractivity contribution in [2.45, 2.75) is 37.1 Å². The number of nitrogens with zero attached hydrogens (tertiary/aromatic N) is 1. The highest BCUT2D eigenvalue weighted by molar-refractivity contribution is 7.89. The maximum Gasteiger partial charge on any atom is 0.243 e. The Hall–Kier alpha value is -3.10. The fourth-order valence-electron chi connectivity index (χ4n) is 3.92. The lowest BCUT2D eigenvalue weighted by Crippen LogP contribution is -2.37. The number of carbonyl (C=O) groups is 1. The quantitative estimate of drug-likeness (QED) is 0.556. The van der Waals surface area contributed by atoms with Gasteiger partial charge in [0.25, 0.3) is 0 Å². The zero-order valence-electron chi connectivity index (χ0n) is 17.9. The third-order valence-corrected chi connectivity index (χ3v) is 7.36. The van der Waals surface area contributed by atoms with Gasteiger partial charge in [-0.3, -0.25) is 4.79 Å². The van der Waals surface area contributed by atoms with Crippen LogP contribution < -0.4 is 10.1 Å². The molecule has 1 aliphatic rings. The second kappa shape index (κ2) is 9.58. The molecular formula is C24H26N2O5S. The lowest BCUT2D eigenvalue weighted by Gasteiger charge is -2.23. The molecule has 1 heterocycles. The van der Waals surface area contributed by atoms with Crippen LogP contribution in [0.5, 0.6) is 5.75 Å². The number of carbonyl (C=O) groups excluding carboxylic acids is 1. The van der Waals surface area contributed by atoms with Gasteiger partial charge in [-0.05, 0) is 73.2 Å². The third kappa shape index (κ3) is 4.87. The number of ether oxygens (including phenoxy) is 1. The Balaban J connectivity index is 1.60. The summed E-state index contributed by atoms with van der Waals surface area (Å²) in [6.45, 7) is -0.413. The molecule has 1 amide bonds. The van der Waals surface area contributed by atoms with E-state index in [0.29, 0.717) is 17.2 Å². The van der Waals surface area contributed by atoms with E-state index < -0.39 is 15.9 Å². The molecule has 1 N–H and O–H groups in total. The van der Waals surface area contributed by atoms with E-state index in [4.69, 9.17) is 9.15 Å². The summed E-state index contributed by atoms with van der Waals surface area (Å²) in [5.74, 6) is 0.482. The molecular weight excluding hydrogens is 428 g/mol. The lowest BCUT2D eigenvalue weighted by molar-refractivity contribution is -0.116. The molecule has 32 heavy (non-hydrogen) atoms. The number of rotatable bonds is 8. The SMILES string of the molecule is COc1ccccc1NC(=O)CN(Cc1ccco1)S(=O)(=O)c1ccc2c(c1)CCCC2. The highest BCUT2D eigenvalue weighted by Crippen LogP contribution is 2.27. The highest BCUT2D eigenvalue weighted by atomic mass is 32.2. The largest absolute Gasteiger partial charge is 0.495 e. The van der Waals surface area contributed by atoms with E-state index in [1.165, 1.54) is 18.9 Å². The van der Waals surface area contributed by atoms with Gasteiger partial charge in [-0.15, -0.1) is 0 Å². The van der Waals surface area contributed by atoms with Gasteiger partial charge >= 0.3 is 0 Å². The van der Waals surface area contributed by atoms with Gasteiger partial charge in [0.1, 0.15) is 11.5 Å². The normalized spacial score (nSPS) is 13.6. The number of fused-ring (bicyclic) bond motifs is 1. The molecule has 168 valence electrons. The van der Waals surface area contributed by atoms with Gasteiger partial charge in [-0.25, -0.2) is 8.42 Å². The maximum absolute atomic E-state index is 13.5. The number of anilines is 1. The number of methoxy groups -OCH3 is 1. The minimum atomic E-state index is -3.93. The number of furan rings is 1. The molecule has 0 saturated heterocycles. The van der Waals surface area contributed by atoms with Gasteiger partial charge in [0.05, 0.1) is 37.0 Å². The van der Waals surface area contributed by atoms with Gasteiger partial charge < -0.3 is 14.5 Å². The van der Waals surface area contributed by atoms with Crippen LogP contribution in [0.15, 0.2) is 70.2 Å². The average Bonchev–Trinajstić information content (AvgIpc) is 3.32. The molecule has 1 aromatic heterocycles. The van der Waals surface area contributed by atoms with Crippen LogP contribution in [0.3, 0.4) is 0 Å². The van der Waals surface area contributed by atoms with Gasteiger partial charge in [-0.1, -0.05) is 18.2 Å². The Kier molecular flexibility index (Phi) is 6.62. The highest BCUT2D eigenvalue weighted by Gasteiger charge is 2.29. The van der Waals surface area contributed by atoms with E-state index in [1.54, 1.807) is 48.5 Å². The van der Waals surface area contributed by atoms with Crippen molar-refractivity contribution in [1.82, 2.24) is 4.31 Å². The minimum Gasteiger partial charge on any atom is -0.495 e. The first-order valence-corrected chi connectivity index (χ1v) is 12.0. The van der Waals surface area contributed by atoms with Crippen LogP contribution in [0.25, 0.3) is 0 Å². The van der Waals surface area contributed by atoms with Crippen molar-refractivity contribution in [2.75, 3.05) is 19.0 Å². The van der Waals surface area contributed by atoms with Crippen molar-refractivity contribution >= 4 is 21.6 Å². The number of sulfonamides is 1. The summed E-state index contributed by atoms with van der Waals surface area (Å²) in [7, 11) is -2.42. The first-order valence-electron chi connectivity index (χ1n) is 10.5. The molecule has 0 spiro atoms. The molecule has 0 aliphatic heterocycles. The van der Waals surface area contributed by atoms with Crippen LogP contribution >= 0.6 is 0 Å². The molecule has 1 aliphatic carbocycles. The van der Waals surface area contributed by atoms with E-state index in [-0.39, 0.29) is 18.0 Å². The van der Waals surface area contributed by atoms with Gasteiger partial charge in [0.15, 0.2) is 0 Å². The molecule has 0 bridgehead atoms. The van der Waals surface area contributed by atoms with Crippen LogP contribution in [-0.4, -0.2) is 32.3 Å². The summed E-state index contributed by atoms with van der Waals surface area (Å²) >= 11 is 0. The number of para-hydroxylation sites is 2. The molecule has 0 unspecified atom stereocenters. The number of hydrogen-bond acceptors (Lipinski definition) is 5. The second-order valence-electron chi connectivity index (χ2n) is 7.74. The van der Waals surface area contributed by atoms with E-state index in [0.717, 1.165) is 35.6 Å². The first kappa shape index (κ1) is 22.1. The second-order valence-corrected chi connectivity index (χ2v) is 9.68. The van der Waals surface area contributed by atoms with E-state index in [2.05, 4.69) is 5.32 Å². The summed E-state index contributed by atoms with van der Waals surface area (Å²) < 4.78 is 38.8. The number of hydrogen-bond donors (Lipinski definition) is 1. The van der Waals surface area contributed by atoms with Crippen LogP contribution in [0.2, 0.25) is 0 Å². The molecule has 2 aromatic carbocycles. The number of amides is 1. The summed E-state index contributed by atoms with van der Waals surface area (Å²) in [5.41, 5.74) is 2.74. The Morgan fingerprint density at radius 3 is 2.59 bits per heavy atom. The summed E-state index contributed by atoms with van der Waals surface area (Å²) in [5, 5.41) is 2.74. The average molecular weight is 455 g/mol. The Labute approximate surface area is 188 Å². The summed E-state index contributed by atoms with van der Waals surface area (Å²) in [4.78, 5) is 13.0. The predicted octanol–water partition coefficient (Wildman–Crippen LogP) is 4.00. The van der Waals surface area contributed by atoms with Crippen molar-refractivity contribution in [2.24, 2.45) is 0 Å². The lowest BCUT2D eigenvalue weighted by atomic mass is 9.92. The van der Waals surface area contributed by atoms with Crippen LogP contribution in [0, 0.1) is 0 Å². The van der Waals surface area contributed by atoms with Crippen molar-refractivity contribution in [3.63, 3.8) is 0 Å². The summed E-state index contributed by atoms with van der Waals surface area (Å²) in [6.07, 6.45) is 5.48. The maximum atomic E-state index is 13.5. The van der Waals surface area contributed by atoms with Gasteiger partial charge in [0.2, 0.25) is 15.9 Å². The zero-order chi connectivity index (χ0) is 22.6. The molecule has 0 fully saturated rings. The topological polar surface area (TPSA) is 88.8 Å². The molecule has 4 rings (SSSR count). The Bertz CT molecular complexity index is 1190. The number of aryl methyl sites for hydroxylation is 2. The fourth-order valence-corrected chi connectivity index (χ4v) is 5.33. The smallest absolute Gasteiger partial charge is 0.243 e. The van der Waals surface area contributed by atoms with Gasteiger partial charge in [-0.2, -0.15) is 4.31 Å². The van der Waals surface area contributed by atoms with Crippen molar-refractivity contribution in [3.05, 3.63) is 77.7 Å². The molecule has 3 aromatic rings. The van der Waals surface area contributed by atoms with Crippen LogP contribution in [-0.2, 0) is 34.2 Å². The van der Waals surface area contributed by atoms with Crippen molar-refractivity contribution < 1.29 is 22.4 Å². The standard InChI is InChI=1S/C24H26N2O5S/c1-30-23-11-5-4-10-22(23)25-24(27)17-26(16-20-9-6-14-31-20)32(28,29)21-13-12-18-7-2-3-8-19(18)15-21/h4-6,9-15H,2-3,7-8,16-17H2,1H3,(H,25,27).